The number of ether oxygens (including phenoxy) is 2. The molecule has 0 saturated heterocycles. The van der Waals surface area contributed by atoms with Gasteiger partial charge in [0.05, 0.1) is 18.0 Å². The fourth-order valence-electron chi connectivity index (χ4n) is 1.29. The zero-order chi connectivity index (χ0) is 13.0. The van der Waals surface area contributed by atoms with E-state index in [1.165, 1.54) is 6.07 Å². The van der Waals surface area contributed by atoms with Gasteiger partial charge in [-0.15, -0.1) is 0 Å². The standard InChI is InChI=1S/C11H16ClFN2O2/c1-3-16-5-6(2)17-11-8(15)4-7(14)9(12)10(11)13/h4,6H,3,5,14-15H2,1-2H3. The van der Waals surface area contributed by atoms with E-state index in [0.29, 0.717) is 13.2 Å². The van der Waals surface area contributed by atoms with E-state index in [2.05, 4.69) is 0 Å². The van der Waals surface area contributed by atoms with Crippen LogP contribution in [0.2, 0.25) is 5.02 Å². The Balaban J connectivity index is 2.87. The molecule has 0 aliphatic rings. The Labute approximate surface area is 105 Å². The Kier molecular flexibility index (Phi) is 4.84. The van der Waals surface area contributed by atoms with Gasteiger partial charge >= 0.3 is 0 Å². The number of benzene rings is 1. The molecule has 4 nitrogen and oxygen atoms in total. The van der Waals surface area contributed by atoms with Crippen molar-refractivity contribution in [3.8, 4) is 5.75 Å². The number of nitrogens with two attached hydrogens (primary N) is 2. The summed E-state index contributed by atoms with van der Waals surface area (Å²) in [4.78, 5) is 0. The molecular weight excluding hydrogens is 247 g/mol. The summed E-state index contributed by atoms with van der Waals surface area (Å²) in [5.74, 6) is -0.830. The molecule has 0 aromatic heterocycles. The Hall–Kier alpha value is -1.20. The van der Waals surface area contributed by atoms with Crippen molar-refractivity contribution in [3.63, 3.8) is 0 Å². The highest BCUT2D eigenvalue weighted by Crippen LogP contribution is 2.35. The lowest BCUT2D eigenvalue weighted by Gasteiger charge is -2.17. The number of hydrogen-bond donors (Lipinski definition) is 2. The van der Waals surface area contributed by atoms with Crippen LogP contribution in [-0.2, 0) is 4.74 Å². The molecular formula is C11H16ClFN2O2. The first-order valence-corrected chi connectivity index (χ1v) is 5.62. The molecule has 1 aromatic carbocycles. The Morgan fingerprint density at radius 3 is 2.65 bits per heavy atom. The van der Waals surface area contributed by atoms with Crippen molar-refractivity contribution < 1.29 is 13.9 Å². The molecule has 1 rings (SSSR count). The smallest absolute Gasteiger partial charge is 0.187 e. The number of hydrogen-bond acceptors (Lipinski definition) is 4. The van der Waals surface area contributed by atoms with Crippen LogP contribution in [0, 0.1) is 5.82 Å². The average Bonchev–Trinajstić information content (AvgIpc) is 2.29. The Morgan fingerprint density at radius 1 is 1.41 bits per heavy atom. The molecule has 0 bridgehead atoms. The van der Waals surface area contributed by atoms with Gasteiger partial charge in [0, 0.05) is 6.61 Å². The first-order valence-electron chi connectivity index (χ1n) is 5.24. The monoisotopic (exact) mass is 262 g/mol. The molecule has 96 valence electrons. The third-order valence-electron chi connectivity index (χ3n) is 2.09. The van der Waals surface area contributed by atoms with Gasteiger partial charge in [0.15, 0.2) is 11.6 Å². The summed E-state index contributed by atoms with van der Waals surface area (Å²) in [5.41, 5.74) is 11.3. The third-order valence-corrected chi connectivity index (χ3v) is 2.48. The molecule has 4 N–H and O–H groups in total. The molecule has 0 aliphatic carbocycles. The van der Waals surface area contributed by atoms with Crippen molar-refractivity contribution in [1.82, 2.24) is 0 Å². The van der Waals surface area contributed by atoms with Crippen molar-refractivity contribution >= 4 is 23.0 Å². The summed E-state index contributed by atoms with van der Waals surface area (Å²) in [6, 6.07) is 1.37. The third kappa shape index (κ3) is 3.38. The van der Waals surface area contributed by atoms with Crippen molar-refractivity contribution in [3.05, 3.63) is 16.9 Å². The summed E-state index contributed by atoms with van der Waals surface area (Å²) in [7, 11) is 0. The predicted octanol–water partition coefficient (Wildman–Crippen LogP) is 2.45. The molecule has 0 aliphatic heterocycles. The molecule has 1 atom stereocenters. The van der Waals surface area contributed by atoms with Crippen molar-refractivity contribution in [2.45, 2.75) is 20.0 Å². The van der Waals surface area contributed by atoms with Crippen molar-refractivity contribution in [2.24, 2.45) is 0 Å². The summed E-state index contributed by atoms with van der Waals surface area (Å²) in [6.45, 7) is 4.52. The van der Waals surface area contributed by atoms with Crippen LogP contribution < -0.4 is 16.2 Å². The van der Waals surface area contributed by atoms with E-state index in [1.54, 1.807) is 6.92 Å². The lowest BCUT2D eigenvalue weighted by atomic mass is 10.2. The molecule has 1 aromatic rings. The average molecular weight is 263 g/mol. The van der Waals surface area contributed by atoms with Crippen LogP contribution in [0.25, 0.3) is 0 Å². The van der Waals surface area contributed by atoms with E-state index in [0.717, 1.165) is 0 Å². The highest BCUT2D eigenvalue weighted by molar-refractivity contribution is 6.33. The second-order valence-corrected chi connectivity index (χ2v) is 3.98. The lowest BCUT2D eigenvalue weighted by molar-refractivity contribution is 0.0641. The number of nitrogen functional groups attached to an aromatic ring is 2. The van der Waals surface area contributed by atoms with Crippen LogP contribution >= 0.6 is 11.6 Å². The van der Waals surface area contributed by atoms with E-state index in [-0.39, 0.29) is 28.3 Å². The van der Waals surface area contributed by atoms with Crippen LogP contribution in [0.3, 0.4) is 0 Å². The molecule has 0 amide bonds. The maximum Gasteiger partial charge on any atom is 0.187 e. The van der Waals surface area contributed by atoms with Gasteiger partial charge in [0.1, 0.15) is 11.1 Å². The van der Waals surface area contributed by atoms with Gasteiger partial charge < -0.3 is 20.9 Å². The molecule has 0 heterocycles. The SMILES string of the molecule is CCOCC(C)Oc1c(N)cc(N)c(Cl)c1F. The zero-order valence-electron chi connectivity index (χ0n) is 9.80. The summed E-state index contributed by atoms with van der Waals surface area (Å²) >= 11 is 5.68. The first kappa shape index (κ1) is 13.9. The van der Waals surface area contributed by atoms with Crippen LogP contribution in [0.1, 0.15) is 13.8 Å². The van der Waals surface area contributed by atoms with Gasteiger partial charge in [-0.05, 0) is 19.9 Å². The predicted molar refractivity (Wildman–Crippen MR) is 66.8 cm³/mol. The Morgan fingerprint density at radius 2 is 2.06 bits per heavy atom. The van der Waals surface area contributed by atoms with E-state index >= 15 is 0 Å². The summed E-state index contributed by atoms with van der Waals surface area (Å²) < 4.78 is 24.3. The molecule has 0 fully saturated rings. The molecule has 17 heavy (non-hydrogen) atoms. The minimum atomic E-state index is -0.743. The number of rotatable bonds is 5. The fourth-order valence-corrected chi connectivity index (χ4v) is 1.43. The summed E-state index contributed by atoms with van der Waals surface area (Å²) in [5, 5.41) is -0.183. The van der Waals surface area contributed by atoms with Gasteiger partial charge in [-0.1, -0.05) is 11.6 Å². The maximum atomic E-state index is 13.7. The number of anilines is 2. The molecule has 1 unspecified atom stereocenters. The second-order valence-electron chi connectivity index (χ2n) is 3.60. The van der Waals surface area contributed by atoms with Gasteiger partial charge in [0.2, 0.25) is 0 Å². The van der Waals surface area contributed by atoms with E-state index in [4.69, 9.17) is 32.5 Å². The highest BCUT2D eigenvalue weighted by atomic mass is 35.5. The minimum absolute atomic E-state index is 0.0867. The van der Waals surface area contributed by atoms with Gasteiger partial charge in [-0.25, -0.2) is 4.39 Å². The van der Waals surface area contributed by atoms with E-state index in [1.807, 2.05) is 6.92 Å². The largest absolute Gasteiger partial charge is 0.483 e. The number of halogens is 2. The fraction of sp³-hybridized carbons (Fsp3) is 0.455. The van der Waals surface area contributed by atoms with Crippen molar-refractivity contribution in [2.75, 3.05) is 24.7 Å². The van der Waals surface area contributed by atoms with Crippen LogP contribution in [-0.4, -0.2) is 19.3 Å². The van der Waals surface area contributed by atoms with Crippen LogP contribution in [0.5, 0.6) is 5.75 Å². The van der Waals surface area contributed by atoms with Gasteiger partial charge in [-0.3, -0.25) is 0 Å². The van der Waals surface area contributed by atoms with E-state index < -0.39 is 5.82 Å². The topological polar surface area (TPSA) is 70.5 Å². The zero-order valence-corrected chi connectivity index (χ0v) is 10.6. The quantitative estimate of drug-likeness (QED) is 0.800. The van der Waals surface area contributed by atoms with Gasteiger partial charge in [-0.2, -0.15) is 0 Å². The minimum Gasteiger partial charge on any atom is -0.483 e. The highest BCUT2D eigenvalue weighted by Gasteiger charge is 2.17. The lowest BCUT2D eigenvalue weighted by Crippen LogP contribution is -2.20. The molecule has 0 radical (unpaired) electrons. The molecule has 0 spiro atoms. The van der Waals surface area contributed by atoms with Crippen molar-refractivity contribution in [1.29, 1.82) is 0 Å². The molecule has 0 saturated carbocycles. The summed E-state index contributed by atoms with van der Waals surface area (Å²) in [6.07, 6.45) is -0.327. The Bertz CT molecular complexity index is 402. The van der Waals surface area contributed by atoms with E-state index in [9.17, 15) is 4.39 Å². The normalized spacial score (nSPS) is 12.5. The first-order chi connectivity index (χ1) is 7.97. The van der Waals surface area contributed by atoms with Gasteiger partial charge in [0.25, 0.3) is 0 Å². The van der Waals surface area contributed by atoms with Crippen LogP contribution in [0.15, 0.2) is 6.07 Å². The second kappa shape index (κ2) is 5.93. The van der Waals surface area contributed by atoms with Crippen LogP contribution in [0.4, 0.5) is 15.8 Å². The maximum absolute atomic E-state index is 13.7. The molecule has 6 heteroatoms.